The van der Waals surface area contributed by atoms with E-state index in [1.807, 2.05) is 0 Å². The lowest BCUT2D eigenvalue weighted by Gasteiger charge is -2.37. The highest BCUT2D eigenvalue weighted by Gasteiger charge is 2.51. The van der Waals surface area contributed by atoms with E-state index in [1.165, 1.54) is 9.13 Å². The second-order valence-corrected chi connectivity index (χ2v) is 15.7. The van der Waals surface area contributed by atoms with Gasteiger partial charge in [-0.05, 0) is 0 Å². The molecule has 264 valence electrons. The molecule has 24 nitrogen and oxygen atoms in total. The van der Waals surface area contributed by atoms with Crippen LogP contribution < -0.4 is 39.8 Å². The van der Waals surface area contributed by atoms with Crippen molar-refractivity contribution in [3.8, 4) is 0 Å². The van der Waals surface area contributed by atoms with Crippen LogP contribution in [0.4, 0.5) is 11.9 Å². The van der Waals surface area contributed by atoms with Gasteiger partial charge in [0.1, 0.15) is 43.3 Å². The number of hydrogen-bond donors (Lipinski definition) is 8. The minimum Gasteiger partial charge on any atom is -0.780 e. The number of nitrogens with two attached hydrogens (primary N) is 2. The van der Waals surface area contributed by atoms with Crippen LogP contribution in [0.1, 0.15) is 12.5 Å². The number of aromatic nitrogens is 8. The van der Waals surface area contributed by atoms with E-state index in [0.29, 0.717) is 0 Å². The molecule has 3 saturated heterocycles. The monoisotopic (exact) mass is 756 g/mol. The quantitative estimate of drug-likeness (QED) is 0.0790. The average molecular weight is 757 g/mol. The van der Waals surface area contributed by atoms with Crippen LogP contribution in [0.3, 0.4) is 0 Å². The molecular formula is C20H30N12O12P2S2. The van der Waals surface area contributed by atoms with Crippen LogP contribution in [0, 0.1) is 0 Å². The molecule has 3 fully saturated rings. The number of fused-ring (bicyclic) bond motifs is 4. The lowest BCUT2D eigenvalue weighted by molar-refractivity contribution is -0.218. The molecule has 0 spiro atoms. The summed E-state index contributed by atoms with van der Waals surface area (Å²) in [5.74, 6) is -0.476. The second kappa shape index (κ2) is 13.1. The molecule has 0 saturated carbocycles. The van der Waals surface area contributed by atoms with Crippen molar-refractivity contribution in [2.75, 3.05) is 24.7 Å². The van der Waals surface area contributed by atoms with Gasteiger partial charge in [-0.25, -0.2) is 9.97 Å². The Balaban J connectivity index is 0.00000225. The lowest BCUT2D eigenvalue weighted by atomic mass is 10.1. The Morgan fingerprint density at radius 3 is 1.79 bits per heavy atom. The number of quaternary nitrogens is 2. The zero-order valence-corrected chi connectivity index (χ0v) is 28.1. The van der Waals surface area contributed by atoms with Crippen molar-refractivity contribution in [3.63, 3.8) is 0 Å². The van der Waals surface area contributed by atoms with Gasteiger partial charge in [0.25, 0.3) is 11.1 Å². The lowest BCUT2D eigenvalue weighted by Crippen LogP contribution is -2.40. The maximum Gasteiger partial charge on any atom is 0.280 e. The molecule has 0 aliphatic carbocycles. The number of nitrogens with zero attached hydrogens (tertiary/aromatic N) is 6. The molecule has 4 aromatic heterocycles. The molecule has 4 aromatic rings. The molecule has 48 heavy (non-hydrogen) atoms. The van der Waals surface area contributed by atoms with Crippen LogP contribution in [0.25, 0.3) is 22.3 Å². The summed E-state index contributed by atoms with van der Waals surface area (Å²) in [7, 11) is 0. The van der Waals surface area contributed by atoms with Gasteiger partial charge in [-0.3, -0.25) is 33.3 Å². The van der Waals surface area contributed by atoms with E-state index < -0.39 is 86.9 Å². The van der Waals surface area contributed by atoms with E-state index >= 15 is 0 Å². The van der Waals surface area contributed by atoms with E-state index in [2.05, 4.69) is 29.9 Å². The maximum absolute atomic E-state index is 13.4. The van der Waals surface area contributed by atoms with E-state index in [9.17, 15) is 29.3 Å². The zero-order chi connectivity index (χ0) is 32.7. The SMILES string of the molecule is Nc1nc2c(ncn2[C@@H]2O[C@@H]3COP([O-])(=S)O[C@H]4[C@@H](O)[C@H](n5cnc6c(=O)[nH]c(N)nc65)O[C@@H]4COP(=O)([S-])O[C@H]3[C@H]2O)c(=O)[nH]1.[NH4+].[NH4+]. The van der Waals surface area contributed by atoms with Crippen molar-refractivity contribution in [1.29, 1.82) is 0 Å². The second-order valence-electron chi connectivity index (χ2n) is 10.3. The molecular weight excluding hydrogens is 726 g/mol. The highest BCUT2D eigenvalue weighted by Crippen LogP contribution is 2.53. The van der Waals surface area contributed by atoms with Crippen LogP contribution in [-0.2, 0) is 56.2 Å². The number of ether oxygens (including phenoxy) is 2. The molecule has 2 unspecified atom stereocenters. The van der Waals surface area contributed by atoms with Crippen LogP contribution in [-0.4, -0.2) is 99.1 Å². The number of aliphatic hydroxyl groups excluding tert-OH is 2. The number of hydrogen-bond acceptors (Lipinski definition) is 20. The Morgan fingerprint density at radius 2 is 1.31 bits per heavy atom. The van der Waals surface area contributed by atoms with Crippen molar-refractivity contribution in [3.05, 3.63) is 33.4 Å². The third-order valence-corrected chi connectivity index (χ3v) is 10.4. The number of nitrogen functional groups attached to an aromatic ring is 2. The standard InChI is InChI=1S/C20H24N10O12P2S2.2H3N/c21-19-25-13-7(15(33)27-19)23-3-29(13)17-9(31)11-5(39-17)1-37-43(35,45)42-12-6(2-38-44(36,46)41-11)40-18(10(12)32)30-4-24-8-14(30)26-20(22)28-16(8)34;;/h3-6,9-12,17-18,31-32H,1-2H2,(H,35,45)(H,36,46)(H3,21,25,27,33)(H3,22,26,28,34);2*1H3/t5-,6-,9-,10-,11-,12-,17-,18-,43?,44?;;/m1../s1. The summed E-state index contributed by atoms with van der Waals surface area (Å²) in [6.07, 6.45) is -9.45. The van der Waals surface area contributed by atoms with Crippen LogP contribution >= 0.6 is 13.5 Å². The van der Waals surface area contributed by atoms with E-state index in [1.54, 1.807) is 0 Å². The number of aliphatic hydroxyl groups is 2. The molecule has 0 aromatic carbocycles. The van der Waals surface area contributed by atoms with Gasteiger partial charge in [0, 0.05) is 0 Å². The van der Waals surface area contributed by atoms with E-state index in [0.717, 1.165) is 12.7 Å². The van der Waals surface area contributed by atoms with Gasteiger partial charge in [0.2, 0.25) is 11.9 Å². The molecule has 28 heteroatoms. The first-order valence-corrected chi connectivity index (χ1v) is 18.2. The summed E-state index contributed by atoms with van der Waals surface area (Å²) >= 11 is 10.2. The van der Waals surface area contributed by atoms with E-state index in [4.69, 9.17) is 63.1 Å². The predicted octanol–water partition coefficient (Wildman–Crippen LogP) is -2.26. The van der Waals surface area contributed by atoms with Crippen LogP contribution in [0.2, 0.25) is 0 Å². The van der Waals surface area contributed by atoms with Gasteiger partial charge in [-0.1, -0.05) is 11.8 Å². The maximum atomic E-state index is 13.4. The molecule has 3 aliphatic rings. The fourth-order valence-electron chi connectivity index (χ4n) is 5.37. The number of aromatic amines is 2. The Hall–Kier alpha value is -2.91. The minimum atomic E-state index is -4.48. The molecule has 7 heterocycles. The summed E-state index contributed by atoms with van der Waals surface area (Å²) in [6.45, 7) is -10.3. The van der Waals surface area contributed by atoms with Crippen molar-refractivity contribution < 1.29 is 47.2 Å². The van der Waals surface area contributed by atoms with Gasteiger partial charge in [0.15, 0.2) is 41.6 Å². The molecule has 16 N–H and O–H groups in total. The van der Waals surface area contributed by atoms with Crippen molar-refractivity contribution in [2.24, 2.45) is 0 Å². The van der Waals surface area contributed by atoms with Crippen molar-refractivity contribution in [1.82, 2.24) is 51.3 Å². The number of imidazole rings is 2. The molecule has 3 aliphatic heterocycles. The Labute approximate surface area is 277 Å². The van der Waals surface area contributed by atoms with Gasteiger partial charge in [-0.2, -0.15) is 9.97 Å². The number of nitrogens with one attached hydrogen (secondary N) is 2. The topological polar surface area (TPSA) is 388 Å². The summed E-state index contributed by atoms with van der Waals surface area (Å²) < 4.78 is 49.4. The normalized spacial score (nSPS) is 35.6. The predicted molar refractivity (Wildman–Crippen MR) is 168 cm³/mol. The number of rotatable bonds is 2. The summed E-state index contributed by atoms with van der Waals surface area (Å²) in [5, 5.41) is 22.4. The molecule has 0 amide bonds. The van der Waals surface area contributed by atoms with Crippen molar-refractivity contribution >= 4 is 71.8 Å². The van der Waals surface area contributed by atoms with Gasteiger partial charge in [-0.15, -0.1) is 0 Å². The molecule has 7 rings (SSSR count). The Bertz CT molecular complexity index is 1920. The first-order valence-electron chi connectivity index (χ1n) is 13.1. The average Bonchev–Trinajstić information content (AvgIpc) is 3.72. The fraction of sp³-hybridized carbons (Fsp3) is 0.500. The van der Waals surface area contributed by atoms with Crippen LogP contribution in [0.15, 0.2) is 22.2 Å². The Kier molecular flexibility index (Phi) is 9.92. The van der Waals surface area contributed by atoms with Gasteiger partial charge < -0.3 is 78.7 Å². The smallest absolute Gasteiger partial charge is 0.280 e. The van der Waals surface area contributed by atoms with Crippen molar-refractivity contribution in [2.45, 2.75) is 49.1 Å². The van der Waals surface area contributed by atoms with E-state index in [-0.39, 0.29) is 46.5 Å². The first kappa shape index (κ1) is 36.4. The number of anilines is 2. The third kappa shape index (κ3) is 6.41. The number of H-pyrrole nitrogens is 2. The summed E-state index contributed by atoms with van der Waals surface area (Å²) in [5.41, 5.74) is 9.67. The fourth-order valence-corrected chi connectivity index (χ4v) is 8.23. The molecule has 0 bridgehead atoms. The first-order chi connectivity index (χ1) is 21.7. The van der Waals surface area contributed by atoms with Gasteiger partial charge >= 0.3 is 0 Å². The summed E-state index contributed by atoms with van der Waals surface area (Å²) in [6, 6.07) is 0. The molecule has 10 atom stereocenters. The largest absolute Gasteiger partial charge is 0.780 e. The summed E-state index contributed by atoms with van der Waals surface area (Å²) in [4.78, 5) is 58.5. The minimum absolute atomic E-state index is 0. The third-order valence-electron chi connectivity index (χ3n) is 7.36. The Morgan fingerprint density at radius 1 is 0.875 bits per heavy atom. The highest BCUT2D eigenvalue weighted by atomic mass is 32.7. The zero-order valence-electron chi connectivity index (χ0n) is 24.7. The highest BCUT2D eigenvalue weighted by molar-refractivity contribution is 8.32. The van der Waals surface area contributed by atoms with Crippen LogP contribution in [0.5, 0.6) is 0 Å². The molecule has 0 radical (unpaired) electrons. The van der Waals surface area contributed by atoms with Gasteiger partial charge in [0.05, 0.1) is 25.9 Å².